The van der Waals surface area contributed by atoms with E-state index in [9.17, 15) is 9.59 Å². The molecule has 0 spiro atoms. The fourth-order valence-corrected chi connectivity index (χ4v) is 3.36. The summed E-state index contributed by atoms with van der Waals surface area (Å²) in [5.74, 6) is 0.810. The smallest absolute Gasteiger partial charge is 0.227 e. The number of hydrogen-bond donors (Lipinski definition) is 1. The van der Waals surface area contributed by atoms with E-state index in [1.54, 1.807) is 4.90 Å². The number of benzene rings is 1. The molecule has 4 nitrogen and oxygen atoms in total. The first-order chi connectivity index (χ1) is 10.2. The molecule has 1 aromatic rings. The lowest BCUT2D eigenvalue weighted by Crippen LogP contribution is -2.23. The minimum atomic E-state index is 0.0896. The molecule has 0 aromatic heterocycles. The second kappa shape index (κ2) is 6.29. The number of anilines is 2. The molecule has 1 saturated heterocycles. The molecule has 0 bridgehead atoms. The van der Waals surface area contributed by atoms with E-state index in [0.717, 1.165) is 24.3 Å². The lowest BCUT2D eigenvalue weighted by atomic mass is 10.0. The van der Waals surface area contributed by atoms with E-state index in [2.05, 4.69) is 5.32 Å². The van der Waals surface area contributed by atoms with Crippen LogP contribution in [-0.4, -0.2) is 18.4 Å². The highest BCUT2D eigenvalue weighted by Gasteiger charge is 2.22. The second-order valence-corrected chi connectivity index (χ2v) is 6.10. The van der Waals surface area contributed by atoms with E-state index in [4.69, 9.17) is 0 Å². The van der Waals surface area contributed by atoms with Crippen LogP contribution < -0.4 is 10.2 Å². The van der Waals surface area contributed by atoms with Crippen LogP contribution >= 0.6 is 0 Å². The minimum absolute atomic E-state index is 0.0896. The molecule has 0 atom stereocenters. The molecule has 2 fully saturated rings. The second-order valence-electron chi connectivity index (χ2n) is 6.10. The molecule has 2 aliphatic rings. The third-order valence-electron chi connectivity index (χ3n) is 4.46. The summed E-state index contributed by atoms with van der Waals surface area (Å²) in [6.45, 7) is 0.776. The number of rotatable bonds is 4. The monoisotopic (exact) mass is 286 g/mol. The van der Waals surface area contributed by atoms with Crippen molar-refractivity contribution >= 4 is 23.2 Å². The molecular formula is C17H22N2O2. The molecule has 1 saturated carbocycles. The number of nitrogens with one attached hydrogen (secondary N) is 1. The summed E-state index contributed by atoms with van der Waals surface area (Å²) in [6.07, 6.45) is 7.02. The minimum Gasteiger partial charge on any atom is -0.326 e. The summed E-state index contributed by atoms with van der Waals surface area (Å²) in [6, 6.07) is 7.61. The molecule has 3 rings (SSSR count). The van der Waals surface area contributed by atoms with E-state index in [0.29, 0.717) is 18.8 Å². The van der Waals surface area contributed by atoms with E-state index >= 15 is 0 Å². The van der Waals surface area contributed by atoms with Crippen LogP contribution in [0.3, 0.4) is 0 Å². The van der Waals surface area contributed by atoms with Crippen LogP contribution in [0.2, 0.25) is 0 Å². The topological polar surface area (TPSA) is 49.4 Å². The zero-order valence-corrected chi connectivity index (χ0v) is 12.3. The van der Waals surface area contributed by atoms with Gasteiger partial charge in [0.2, 0.25) is 11.8 Å². The van der Waals surface area contributed by atoms with Gasteiger partial charge in [-0.2, -0.15) is 0 Å². The standard InChI is InChI=1S/C17H22N2O2/c20-16(11-13-5-1-2-6-13)18-14-7-3-8-15(12-14)19-10-4-9-17(19)21/h3,7-8,12-13H,1-2,4-6,9-11H2,(H,18,20). The third kappa shape index (κ3) is 3.43. The van der Waals surface area contributed by atoms with Crippen LogP contribution in [0.1, 0.15) is 44.9 Å². The third-order valence-corrected chi connectivity index (χ3v) is 4.46. The number of amides is 2. The van der Waals surface area contributed by atoms with Gasteiger partial charge in [-0.25, -0.2) is 0 Å². The number of hydrogen-bond acceptors (Lipinski definition) is 2. The van der Waals surface area contributed by atoms with Gasteiger partial charge in [0.25, 0.3) is 0 Å². The van der Waals surface area contributed by atoms with Crippen molar-refractivity contribution in [2.75, 3.05) is 16.8 Å². The van der Waals surface area contributed by atoms with Gasteiger partial charge in [-0.15, -0.1) is 0 Å². The van der Waals surface area contributed by atoms with Gasteiger partial charge >= 0.3 is 0 Å². The van der Waals surface area contributed by atoms with Crippen molar-refractivity contribution in [3.05, 3.63) is 24.3 Å². The Morgan fingerprint density at radius 2 is 2.05 bits per heavy atom. The predicted octanol–water partition coefficient (Wildman–Crippen LogP) is 3.33. The summed E-state index contributed by atoms with van der Waals surface area (Å²) < 4.78 is 0. The maximum atomic E-state index is 12.1. The Labute approximate surface area is 125 Å². The van der Waals surface area contributed by atoms with Gasteiger partial charge in [-0.05, 0) is 43.4 Å². The Kier molecular flexibility index (Phi) is 4.23. The summed E-state index contributed by atoms with van der Waals surface area (Å²) in [5.41, 5.74) is 1.67. The van der Waals surface area contributed by atoms with Crippen molar-refractivity contribution in [2.45, 2.75) is 44.9 Å². The van der Waals surface area contributed by atoms with Gasteiger partial charge in [-0.1, -0.05) is 18.9 Å². The maximum Gasteiger partial charge on any atom is 0.227 e. The highest BCUT2D eigenvalue weighted by atomic mass is 16.2. The molecule has 21 heavy (non-hydrogen) atoms. The van der Waals surface area contributed by atoms with Crippen molar-refractivity contribution in [1.29, 1.82) is 0 Å². The van der Waals surface area contributed by atoms with Crippen molar-refractivity contribution in [3.8, 4) is 0 Å². The van der Waals surface area contributed by atoms with Crippen LogP contribution in [0.25, 0.3) is 0 Å². The van der Waals surface area contributed by atoms with Crippen molar-refractivity contribution in [2.24, 2.45) is 5.92 Å². The zero-order chi connectivity index (χ0) is 14.7. The molecule has 2 amide bonds. The molecule has 112 valence electrons. The van der Waals surface area contributed by atoms with Crippen LogP contribution in [0.5, 0.6) is 0 Å². The molecule has 4 heteroatoms. The molecule has 1 heterocycles. The SMILES string of the molecule is O=C(CC1CCCC1)Nc1cccc(N2CCCC2=O)c1. The Morgan fingerprint density at radius 1 is 1.24 bits per heavy atom. The Hall–Kier alpha value is -1.84. The molecule has 1 aliphatic heterocycles. The molecule has 0 unspecified atom stereocenters. The van der Waals surface area contributed by atoms with E-state index < -0.39 is 0 Å². The van der Waals surface area contributed by atoms with Gasteiger partial charge in [0.1, 0.15) is 0 Å². The summed E-state index contributed by atoms with van der Waals surface area (Å²) in [4.78, 5) is 25.6. The van der Waals surface area contributed by atoms with E-state index in [-0.39, 0.29) is 11.8 Å². The zero-order valence-electron chi connectivity index (χ0n) is 12.3. The first-order valence-electron chi connectivity index (χ1n) is 7.92. The first kappa shape index (κ1) is 14.1. The Balaban J connectivity index is 1.62. The summed E-state index contributed by atoms with van der Waals surface area (Å²) in [5, 5.41) is 2.97. The first-order valence-corrected chi connectivity index (χ1v) is 7.92. The van der Waals surface area contributed by atoms with Crippen LogP contribution in [0, 0.1) is 5.92 Å². The molecule has 1 N–H and O–H groups in total. The highest BCUT2D eigenvalue weighted by Crippen LogP contribution is 2.28. The lowest BCUT2D eigenvalue weighted by Gasteiger charge is -2.17. The fraction of sp³-hybridized carbons (Fsp3) is 0.529. The van der Waals surface area contributed by atoms with Gasteiger partial charge < -0.3 is 10.2 Å². The number of nitrogens with zero attached hydrogens (tertiary/aromatic N) is 1. The normalized spacial score (nSPS) is 19.2. The molecule has 0 radical (unpaired) electrons. The number of carbonyl (C=O) groups is 2. The Morgan fingerprint density at radius 3 is 2.76 bits per heavy atom. The maximum absolute atomic E-state index is 12.1. The van der Waals surface area contributed by atoms with Crippen LogP contribution in [0.4, 0.5) is 11.4 Å². The van der Waals surface area contributed by atoms with Crippen molar-refractivity contribution in [1.82, 2.24) is 0 Å². The molecular weight excluding hydrogens is 264 g/mol. The van der Waals surface area contributed by atoms with Crippen LogP contribution in [0.15, 0.2) is 24.3 Å². The quantitative estimate of drug-likeness (QED) is 0.923. The Bertz CT molecular complexity index is 535. The molecule has 1 aromatic carbocycles. The van der Waals surface area contributed by atoms with Gasteiger partial charge in [0.15, 0.2) is 0 Å². The van der Waals surface area contributed by atoms with Crippen LogP contribution in [-0.2, 0) is 9.59 Å². The van der Waals surface area contributed by atoms with Crippen molar-refractivity contribution < 1.29 is 9.59 Å². The van der Waals surface area contributed by atoms with Gasteiger partial charge in [0, 0.05) is 30.8 Å². The number of carbonyl (C=O) groups excluding carboxylic acids is 2. The average Bonchev–Trinajstić information content (AvgIpc) is 3.10. The lowest BCUT2D eigenvalue weighted by molar-refractivity contribution is -0.117. The fourth-order valence-electron chi connectivity index (χ4n) is 3.36. The summed E-state index contributed by atoms with van der Waals surface area (Å²) >= 11 is 0. The van der Waals surface area contributed by atoms with Gasteiger partial charge in [-0.3, -0.25) is 9.59 Å². The average molecular weight is 286 g/mol. The largest absolute Gasteiger partial charge is 0.326 e. The van der Waals surface area contributed by atoms with Gasteiger partial charge in [0.05, 0.1) is 0 Å². The summed E-state index contributed by atoms with van der Waals surface area (Å²) in [7, 11) is 0. The molecule has 1 aliphatic carbocycles. The van der Waals surface area contributed by atoms with E-state index in [1.165, 1.54) is 25.7 Å². The highest BCUT2D eigenvalue weighted by molar-refractivity contribution is 5.97. The van der Waals surface area contributed by atoms with Crippen molar-refractivity contribution in [3.63, 3.8) is 0 Å². The van der Waals surface area contributed by atoms with E-state index in [1.807, 2.05) is 24.3 Å². The predicted molar refractivity (Wildman–Crippen MR) is 83.2 cm³/mol.